The van der Waals surface area contributed by atoms with Gasteiger partial charge in [0.1, 0.15) is 5.92 Å². The summed E-state index contributed by atoms with van der Waals surface area (Å²) in [4.78, 5) is 48.3. The summed E-state index contributed by atoms with van der Waals surface area (Å²) in [5.41, 5.74) is -1.83. The molecule has 2 aromatic rings. The molecule has 0 spiro atoms. The van der Waals surface area contributed by atoms with Crippen LogP contribution in [0.25, 0.3) is 0 Å². The molecular weight excluding hydrogens is 392 g/mol. The van der Waals surface area contributed by atoms with Crippen molar-refractivity contribution in [1.82, 2.24) is 0 Å². The van der Waals surface area contributed by atoms with Crippen LogP contribution >= 0.6 is 0 Å². The van der Waals surface area contributed by atoms with Crippen molar-refractivity contribution >= 4 is 29.0 Å². The third-order valence-corrected chi connectivity index (χ3v) is 4.96. The number of nitrogens with zero attached hydrogens (tertiary/aromatic N) is 1. The van der Waals surface area contributed by atoms with E-state index < -0.39 is 40.5 Å². The molecule has 1 aliphatic heterocycles. The highest BCUT2D eigenvalue weighted by Gasteiger charge is 2.49. The number of ketones is 1. The Labute approximate surface area is 171 Å². The highest BCUT2D eigenvalue weighted by molar-refractivity contribution is 6.09. The number of non-ortho nitro benzene ring substituents is 1. The van der Waals surface area contributed by atoms with Crippen molar-refractivity contribution in [3.63, 3.8) is 0 Å². The largest absolute Gasteiger partial charge is 0.465 e. The van der Waals surface area contributed by atoms with E-state index in [0.717, 1.165) is 6.07 Å². The van der Waals surface area contributed by atoms with E-state index in [2.05, 4.69) is 5.32 Å². The van der Waals surface area contributed by atoms with Gasteiger partial charge in [0.25, 0.3) is 11.6 Å². The summed E-state index contributed by atoms with van der Waals surface area (Å²) in [5, 5.41) is 24.5. The number of amides is 1. The van der Waals surface area contributed by atoms with Crippen LogP contribution in [0.3, 0.4) is 0 Å². The van der Waals surface area contributed by atoms with Gasteiger partial charge in [0.05, 0.1) is 11.5 Å². The maximum Gasteiger partial charge on any atom is 0.316 e. The minimum Gasteiger partial charge on any atom is -0.465 e. The van der Waals surface area contributed by atoms with Gasteiger partial charge in [-0.05, 0) is 25.0 Å². The Morgan fingerprint density at radius 1 is 1.23 bits per heavy atom. The van der Waals surface area contributed by atoms with Crippen molar-refractivity contribution in [2.24, 2.45) is 5.92 Å². The number of anilines is 1. The summed E-state index contributed by atoms with van der Waals surface area (Å²) in [7, 11) is 0. The lowest BCUT2D eigenvalue weighted by atomic mass is 9.84. The fourth-order valence-electron chi connectivity index (χ4n) is 3.42. The maximum absolute atomic E-state index is 13.0. The van der Waals surface area contributed by atoms with Gasteiger partial charge in [-0.15, -0.1) is 0 Å². The fraction of sp³-hybridized carbons (Fsp3) is 0.286. The number of carbonyl (C=O) groups excluding carboxylic acids is 3. The molecule has 0 saturated heterocycles. The van der Waals surface area contributed by atoms with Crippen molar-refractivity contribution in [2.75, 3.05) is 11.9 Å². The number of hydrogen-bond donors (Lipinski definition) is 2. The molecule has 30 heavy (non-hydrogen) atoms. The standard InChI is InChI=1S/C21H20N2O7/c1-2-30-19(25)15(10-13-6-4-3-5-7-13)18(24)12-21(27)16-11-14(23(28)29)8-9-17(16)22-20(21)26/h3-9,11,15,27H,2,10,12H2,1H3,(H,22,26). The molecule has 0 bridgehead atoms. The number of esters is 1. The molecule has 2 unspecified atom stereocenters. The number of hydrogen-bond acceptors (Lipinski definition) is 7. The molecule has 1 amide bonds. The van der Waals surface area contributed by atoms with Crippen LogP contribution in [0, 0.1) is 16.0 Å². The van der Waals surface area contributed by atoms with Crippen LogP contribution in [0.2, 0.25) is 0 Å². The lowest BCUT2D eigenvalue weighted by molar-refractivity contribution is -0.385. The molecule has 0 saturated carbocycles. The number of carbonyl (C=O) groups is 3. The zero-order valence-corrected chi connectivity index (χ0v) is 16.2. The molecule has 0 fully saturated rings. The molecule has 0 aliphatic carbocycles. The monoisotopic (exact) mass is 412 g/mol. The Hall–Kier alpha value is -3.59. The van der Waals surface area contributed by atoms with Crippen LogP contribution in [0.1, 0.15) is 24.5 Å². The van der Waals surface area contributed by atoms with Gasteiger partial charge in [-0.2, -0.15) is 0 Å². The molecule has 156 valence electrons. The first-order chi connectivity index (χ1) is 14.3. The van der Waals surface area contributed by atoms with Crippen LogP contribution in [0.5, 0.6) is 0 Å². The summed E-state index contributed by atoms with van der Waals surface area (Å²) in [6.45, 7) is 1.67. The smallest absolute Gasteiger partial charge is 0.316 e. The second-order valence-corrected chi connectivity index (χ2v) is 6.94. The van der Waals surface area contributed by atoms with Crippen LogP contribution in [0.4, 0.5) is 11.4 Å². The van der Waals surface area contributed by atoms with E-state index in [-0.39, 0.29) is 30.0 Å². The molecule has 0 aromatic heterocycles. The van der Waals surface area contributed by atoms with Crippen molar-refractivity contribution in [3.05, 3.63) is 69.8 Å². The minimum atomic E-state index is -2.32. The van der Waals surface area contributed by atoms with Crippen molar-refractivity contribution < 1.29 is 29.2 Å². The van der Waals surface area contributed by atoms with E-state index in [1.807, 2.05) is 0 Å². The second kappa shape index (κ2) is 8.42. The van der Waals surface area contributed by atoms with Crippen molar-refractivity contribution in [2.45, 2.75) is 25.4 Å². The van der Waals surface area contributed by atoms with Crippen molar-refractivity contribution in [1.29, 1.82) is 0 Å². The first kappa shape index (κ1) is 21.1. The van der Waals surface area contributed by atoms with Gasteiger partial charge in [-0.25, -0.2) is 0 Å². The lowest BCUT2D eigenvalue weighted by Gasteiger charge is -2.23. The van der Waals surface area contributed by atoms with Gasteiger partial charge in [-0.3, -0.25) is 24.5 Å². The highest BCUT2D eigenvalue weighted by atomic mass is 16.6. The lowest BCUT2D eigenvalue weighted by Crippen LogP contribution is -2.40. The minimum absolute atomic E-state index is 0.0397. The summed E-state index contributed by atoms with van der Waals surface area (Å²) < 4.78 is 5.01. The van der Waals surface area contributed by atoms with Crippen LogP contribution < -0.4 is 5.32 Å². The molecule has 0 radical (unpaired) electrons. The molecule has 9 nitrogen and oxygen atoms in total. The predicted molar refractivity (Wildman–Crippen MR) is 106 cm³/mol. The quantitative estimate of drug-likeness (QED) is 0.293. The fourth-order valence-corrected chi connectivity index (χ4v) is 3.42. The average Bonchev–Trinajstić information content (AvgIpc) is 2.96. The van der Waals surface area contributed by atoms with Gasteiger partial charge in [0, 0.05) is 29.8 Å². The number of rotatable bonds is 8. The summed E-state index contributed by atoms with van der Waals surface area (Å²) >= 11 is 0. The van der Waals surface area contributed by atoms with Gasteiger partial charge < -0.3 is 15.2 Å². The third-order valence-electron chi connectivity index (χ3n) is 4.96. The summed E-state index contributed by atoms with van der Waals surface area (Å²) in [6, 6.07) is 12.3. The topological polar surface area (TPSA) is 136 Å². The molecule has 3 rings (SSSR count). The van der Waals surface area contributed by atoms with Gasteiger partial charge in [0.15, 0.2) is 11.4 Å². The first-order valence-electron chi connectivity index (χ1n) is 9.32. The van der Waals surface area contributed by atoms with E-state index in [9.17, 15) is 29.6 Å². The molecular formula is C21H20N2O7. The SMILES string of the molecule is CCOC(=O)C(Cc1ccccc1)C(=O)CC1(O)C(=O)Nc2ccc([N+](=O)[O-])cc21. The second-order valence-electron chi connectivity index (χ2n) is 6.94. The number of fused-ring (bicyclic) bond motifs is 1. The number of ether oxygens (including phenoxy) is 1. The number of Topliss-reactive ketones (excluding diaryl/α,β-unsaturated/α-hetero) is 1. The zero-order valence-electron chi connectivity index (χ0n) is 16.2. The average molecular weight is 412 g/mol. The van der Waals surface area contributed by atoms with Crippen molar-refractivity contribution in [3.8, 4) is 0 Å². The maximum atomic E-state index is 13.0. The van der Waals surface area contributed by atoms with E-state index in [1.165, 1.54) is 12.1 Å². The van der Waals surface area contributed by atoms with Gasteiger partial charge in [-0.1, -0.05) is 30.3 Å². The Morgan fingerprint density at radius 2 is 1.93 bits per heavy atom. The van der Waals surface area contributed by atoms with Crippen LogP contribution in [-0.4, -0.2) is 34.3 Å². The molecule has 2 aromatic carbocycles. The number of nitro benzene ring substituents is 1. The molecule has 9 heteroatoms. The Kier molecular flexibility index (Phi) is 5.93. The third kappa shape index (κ3) is 4.06. The zero-order chi connectivity index (χ0) is 21.9. The molecule has 2 N–H and O–H groups in total. The van der Waals surface area contributed by atoms with Crippen LogP contribution in [0.15, 0.2) is 48.5 Å². The molecule has 1 aliphatic rings. The Morgan fingerprint density at radius 3 is 2.57 bits per heavy atom. The Bertz CT molecular complexity index is 1010. The number of aliphatic hydroxyl groups is 1. The predicted octanol–water partition coefficient (Wildman–Crippen LogP) is 2.12. The van der Waals surface area contributed by atoms with E-state index >= 15 is 0 Å². The van der Waals surface area contributed by atoms with E-state index in [0.29, 0.717) is 5.56 Å². The Balaban J connectivity index is 1.91. The number of benzene rings is 2. The summed E-state index contributed by atoms with van der Waals surface area (Å²) in [5.74, 6) is -3.57. The number of nitro groups is 1. The normalized spacial score (nSPS) is 18.3. The van der Waals surface area contributed by atoms with E-state index in [1.54, 1.807) is 37.3 Å². The first-order valence-corrected chi connectivity index (χ1v) is 9.32. The number of nitrogens with one attached hydrogen (secondary N) is 1. The molecule has 2 atom stereocenters. The van der Waals surface area contributed by atoms with Crippen LogP contribution in [-0.2, 0) is 31.1 Å². The van der Waals surface area contributed by atoms with Gasteiger partial charge >= 0.3 is 5.97 Å². The molecule has 1 heterocycles. The van der Waals surface area contributed by atoms with Gasteiger partial charge in [0.2, 0.25) is 0 Å². The van der Waals surface area contributed by atoms with E-state index in [4.69, 9.17) is 4.74 Å². The highest BCUT2D eigenvalue weighted by Crippen LogP contribution is 2.41. The summed E-state index contributed by atoms with van der Waals surface area (Å²) in [6.07, 6.45) is -0.679.